The zero-order valence-corrected chi connectivity index (χ0v) is 13.4. The quantitative estimate of drug-likeness (QED) is 0.710. The molecular weight excluding hydrogens is 374 g/mol. The Labute approximate surface area is 128 Å². The Bertz CT molecular complexity index is 582. The van der Waals surface area contributed by atoms with E-state index in [0.29, 0.717) is 0 Å². The predicted octanol–water partition coefficient (Wildman–Crippen LogP) is 4.80. The minimum absolute atomic E-state index is 0.0459. The minimum Gasteiger partial charge on any atom is -0.508 e. The monoisotopic (exact) mass is 385 g/mol. The van der Waals surface area contributed by atoms with E-state index in [1.54, 1.807) is 12.1 Å². The fraction of sp³-hybridized carbons (Fsp3) is 0.143. The molecule has 3 N–H and O–H groups in total. The summed E-state index contributed by atoms with van der Waals surface area (Å²) in [4.78, 5) is 0. The molecule has 0 amide bonds. The Morgan fingerprint density at radius 3 is 2.21 bits per heavy atom. The van der Waals surface area contributed by atoms with Gasteiger partial charge in [-0.1, -0.05) is 15.9 Å². The highest BCUT2D eigenvalue weighted by Crippen LogP contribution is 2.31. The molecule has 19 heavy (non-hydrogen) atoms. The van der Waals surface area contributed by atoms with Crippen LogP contribution < -0.4 is 5.32 Å². The summed E-state index contributed by atoms with van der Waals surface area (Å²) in [6.45, 7) is 1.96. The van der Waals surface area contributed by atoms with Gasteiger partial charge in [-0.15, -0.1) is 0 Å². The van der Waals surface area contributed by atoms with Crippen molar-refractivity contribution in [3.05, 3.63) is 50.9 Å². The molecule has 0 aliphatic heterocycles. The smallest absolute Gasteiger partial charge is 0.119 e. The molecule has 0 saturated carbocycles. The summed E-state index contributed by atoms with van der Waals surface area (Å²) >= 11 is 6.89. The van der Waals surface area contributed by atoms with Gasteiger partial charge in [0.25, 0.3) is 0 Å². The predicted molar refractivity (Wildman–Crippen MR) is 83.7 cm³/mol. The Morgan fingerprint density at radius 1 is 1.00 bits per heavy atom. The number of hydrogen-bond donors (Lipinski definition) is 3. The average molecular weight is 387 g/mol. The SMILES string of the molecule is CC(Nc1ccc(Br)cc1Br)c1cc(O)cc(O)c1. The van der Waals surface area contributed by atoms with E-state index >= 15 is 0 Å². The van der Waals surface area contributed by atoms with Gasteiger partial charge in [0.2, 0.25) is 0 Å². The summed E-state index contributed by atoms with van der Waals surface area (Å²) in [6.07, 6.45) is 0. The van der Waals surface area contributed by atoms with Gasteiger partial charge in [0.15, 0.2) is 0 Å². The molecule has 1 atom stereocenters. The molecule has 0 spiro atoms. The van der Waals surface area contributed by atoms with E-state index in [4.69, 9.17) is 0 Å². The van der Waals surface area contributed by atoms with Crippen LogP contribution in [0.4, 0.5) is 5.69 Å². The second kappa shape index (κ2) is 5.84. The fourth-order valence-electron chi connectivity index (χ4n) is 1.79. The van der Waals surface area contributed by atoms with Crippen LogP contribution in [0.3, 0.4) is 0 Å². The fourth-order valence-corrected chi connectivity index (χ4v) is 2.95. The molecule has 3 nitrogen and oxygen atoms in total. The highest BCUT2D eigenvalue weighted by molar-refractivity contribution is 9.11. The van der Waals surface area contributed by atoms with Crippen molar-refractivity contribution < 1.29 is 10.2 Å². The Balaban J connectivity index is 2.22. The molecule has 2 rings (SSSR count). The van der Waals surface area contributed by atoms with Crippen LogP contribution in [0.2, 0.25) is 0 Å². The first-order valence-corrected chi connectivity index (χ1v) is 7.29. The summed E-state index contributed by atoms with van der Waals surface area (Å²) in [5.41, 5.74) is 1.76. The molecule has 2 aromatic rings. The van der Waals surface area contributed by atoms with Crippen LogP contribution in [-0.2, 0) is 0 Å². The molecule has 0 saturated heterocycles. The molecule has 2 aromatic carbocycles. The number of hydrogen-bond acceptors (Lipinski definition) is 3. The largest absolute Gasteiger partial charge is 0.508 e. The third kappa shape index (κ3) is 3.64. The van der Waals surface area contributed by atoms with Crippen LogP contribution in [-0.4, -0.2) is 10.2 Å². The van der Waals surface area contributed by atoms with Gasteiger partial charge in [-0.05, 0) is 58.7 Å². The molecule has 100 valence electrons. The third-order valence-corrected chi connectivity index (χ3v) is 3.88. The maximum absolute atomic E-state index is 9.50. The third-order valence-electron chi connectivity index (χ3n) is 2.73. The average Bonchev–Trinajstić information content (AvgIpc) is 2.31. The lowest BCUT2D eigenvalue weighted by molar-refractivity contribution is 0.448. The Hall–Kier alpha value is -1.20. The van der Waals surface area contributed by atoms with Crippen molar-refractivity contribution in [1.82, 2.24) is 0 Å². The van der Waals surface area contributed by atoms with Crippen molar-refractivity contribution in [1.29, 1.82) is 0 Å². The summed E-state index contributed by atoms with van der Waals surface area (Å²) in [5, 5.41) is 22.3. The minimum atomic E-state index is -0.0459. The highest BCUT2D eigenvalue weighted by Gasteiger charge is 2.10. The normalized spacial score (nSPS) is 12.2. The molecule has 0 aliphatic rings. The molecule has 0 fully saturated rings. The zero-order valence-electron chi connectivity index (χ0n) is 10.2. The van der Waals surface area contributed by atoms with Gasteiger partial charge in [-0.3, -0.25) is 0 Å². The second-order valence-electron chi connectivity index (χ2n) is 4.27. The topological polar surface area (TPSA) is 52.5 Å². The van der Waals surface area contributed by atoms with Crippen LogP contribution >= 0.6 is 31.9 Å². The Kier molecular flexibility index (Phi) is 4.37. The number of rotatable bonds is 3. The first kappa shape index (κ1) is 14.2. The highest BCUT2D eigenvalue weighted by atomic mass is 79.9. The van der Waals surface area contributed by atoms with E-state index in [2.05, 4.69) is 37.2 Å². The van der Waals surface area contributed by atoms with E-state index < -0.39 is 0 Å². The van der Waals surface area contributed by atoms with Crippen molar-refractivity contribution in [3.8, 4) is 11.5 Å². The number of benzene rings is 2. The first-order chi connectivity index (χ1) is 8.95. The maximum Gasteiger partial charge on any atom is 0.119 e. The molecular formula is C14H13Br2NO2. The standard InChI is InChI=1S/C14H13Br2NO2/c1-8(9-4-11(18)7-12(19)5-9)17-14-3-2-10(15)6-13(14)16/h2-8,17-19H,1H3. The van der Waals surface area contributed by atoms with E-state index in [-0.39, 0.29) is 17.5 Å². The maximum atomic E-state index is 9.50. The molecule has 0 aromatic heterocycles. The van der Waals surface area contributed by atoms with Gasteiger partial charge in [0, 0.05) is 26.7 Å². The van der Waals surface area contributed by atoms with Gasteiger partial charge in [0.1, 0.15) is 11.5 Å². The molecule has 0 bridgehead atoms. The van der Waals surface area contributed by atoms with Gasteiger partial charge in [-0.25, -0.2) is 0 Å². The summed E-state index contributed by atoms with van der Waals surface area (Å²) in [7, 11) is 0. The molecule has 0 radical (unpaired) electrons. The first-order valence-electron chi connectivity index (χ1n) is 5.70. The lowest BCUT2D eigenvalue weighted by Crippen LogP contribution is -2.06. The second-order valence-corrected chi connectivity index (χ2v) is 6.04. The van der Waals surface area contributed by atoms with Crippen LogP contribution in [0.25, 0.3) is 0 Å². The number of phenols is 2. The van der Waals surface area contributed by atoms with Crippen molar-refractivity contribution in [2.45, 2.75) is 13.0 Å². The summed E-state index contributed by atoms with van der Waals surface area (Å²) in [6, 6.07) is 10.4. The van der Waals surface area contributed by atoms with Gasteiger partial charge >= 0.3 is 0 Å². The molecule has 0 aliphatic carbocycles. The zero-order chi connectivity index (χ0) is 14.0. The van der Waals surface area contributed by atoms with E-state index in [1.807, 2.05) is 25.1 Å². The number of anilines is 1. The van der Waals surface area contributed by atoms with Gasteiger partial charge < -0.3 is 15.5 Å². The summed E-state index contributed by atoms with van der Waals surface area (Å²) in [5.74, 6) is 0.108. The van der Waals surface area contributed by atoms with Crippen LogP contribution in [0.5, 0.6) is 11.5 Å². The molecule has 1 unspecified atom stereocenters. The molecule has 5 heteroatoms. The number of halogens is 2. The van der Waals surface area contributed by atoms with Crippen LogP contribution in [0.15, 0.2) is 45.3 Å². The van der Waals surface area contributed by atoms with Crippen LogP contribution in [0, 0.1) is 0 Å². The van der Waals surface area contributed by atoms with E-state index in [1.165, 1.54) is 6.07 Å². The number of phenolic OH excluding ortho intramolecular Hbond substituents is 2. The van der Waals surface area contributed by atoms with Crippen molar-refractivity contribution >= 4 is 37.5 Å². The van der Waals surface area contributed by atoms with Gasteiger partial charge in [-0.2, -0.15) is 0 Å². The van der Waals surface area contributed by atoms with Gasteiger partial charge in [0.05, 0.1) is 0 Å². The van der Waals surface area contributed by atoms with Crippen molar-refractivity contribution in [2.24, 2.45) is 0 Å². The van der Waals surface area contributed by atoms with E-state index in [0.717, 1.165) is 20.2 Å². The Morgan fingerprint density at radius 2 is 1.63 bits per heavy atom. The lowest BCUT2D eigenvalue weighted by Gasteiger charge is -2.17. The van der Waals surface area contributed by atoms with E-state index in [9.17, 15) is 10.2 Å². The number of nitrogens with one attached hydrogen (secondary N) is 1. The van der Waals surface area contributed by atoms with Crippen molar-refractivity contribution in [2.75, 3.05) is 5.32 Å². The number of aromatic hydroxyl groups is 2. The van der Waals surface area contributed by atoms with Crippen molar-refractivity contribution in [3.63, 3.8) is 0 Å². The lowest BCUT2D eigenvalue weighted by atomic mass is 10.1. The summed E-state index contributed by atoms with van der Waals surface area (Å²) < 4.78 is 1.94. The van der Waals surface area contributed by atoms with Crippen LogP contribution in [0.1, 0.15) is 18.5 Å². The molecule has 0 heterocycles.